The lowest BCUT2D eigenvalue weighted by atomic mass is 10.1. The Balaban J connectivity index is 1.79. The molecule has 0 saturated carbocycles. The molecular formula is C34H43N3O2. The van der Waals surface area contributed by atoms with Crippen LogP contribution in [0.4, 0.5) is 0 Å². The Morgan fingerprint density at radius 1 is 0.744 bits per heavy atom. The zero-order valence-electron chi connectivity index (χ0n) is 24.0. The van der Waals surface area contributed by atoms with Gasteiger partial charge in [0.25, 0.3) is 0 Å². The summed E-state index contributed by atoms with van der Waals surface area (Å²) in [5.41, 5.74) is 5.84. The van der Waals surface area contributed by atoms with E-state index < -0.39 is 0 Å². The molecule has 5 heteroatoms. The van der Waals surface area contributed by atoms with Crippen LogP contribution in [0, 0.1) is 0 Å². The molecule has 5 nitrogen and oxygen atoms in total. The van der Waals surface area contributed by atoms with Crippen LogP contribution >= 0.6 is 0 Å². The Morgan fingerprint density at radius 2 is 1.44 bits per heavy atom. The highest BCUT2D eigenvalue weighted by Gasteiger charge is 2.22. The average Bonchev–Trinajstić information content (AvgIpc) is 3.34. The first-order chi connectivity index (χ1) is 19.2. The van der Waals surface area contributed by atoms with Crippen molar-refractivity contribution < 1.29 is 9.47 Å². The third-order valence-corrected chi connectivity index (χ3v) is 7.23. The van der Waals surface area contributed by atoms with Gasteiger partial charge in [-0.3, -0.25) is 4.90 Å². The lowest BCUT2D eigenvalue weighted by Crippen LogP contribution is -2.26. The van der Waals surface area contributed by atoms with Gasteiger partial charge < -0.3 is 14.0 Å². The highest BCUT2D eigenvalue weighted by molar-refractivity contribution is 5.68. The average molecular weight is 526 g/mol. The number of imidazole rings is 1. The number of ether oxygens (including phenoxy) is 2. The molecule has 0 saturated heterocycles. The van der Waals surface area contributed by atoms with Crippen molar-refractivity contribution in [3.8, 4) is 34.1 Å². The summed E-state index contributed by atoms with van der Waals surface area (Å²) in [6.45, 7) is 8.08. The van der Waals surface area contributed by atoms with Gasteiger partial charge >= 0.3 is 0 Å². The van der Waals surface area contributed by atoms with Crippen molar-refractivity contribution in [3.63, 3.8) is 0 Å². The van der Waals surface area contributed by atoms with Crippen molar-refractivity contribution in [1.82, 2.24) is 14.5 Å². The van der Waals surface area contributed by atoms with Gasteiger partial charge in [0.1, 0.15) is 17.3 Å². The summed E-state index contributed by atoms with van der Waals surface area (Å²) >= 11 is 0. The van der Waals surface area contributed by atoms with Crippen molar-refractivity contribution in [1.29, 1.82) is 0 Å². The van der Waals surface area contributed by atoms with E-state index >= 15 is 0 Å². The lowest BCUT2D eigenvalue weighted by molar-refractivity contribution is 0.242. The van der Waals surface area contributed by atoms with Gasteiger partial charge in [-0.2, -0.15) is 0 Å². The van der Waals surface area contributed by atoms with E-state index in [1.165, 1.54) is 18.5 Å². The van der Waals surface area contributed by atoms with E-state index in [0.29, 0.717) is 0 Å². The fourth-order valence-corrected chi connectivity index (χ4v) is 5.07. The maximum Gasteiger partial charge on any atom is 0.140 e. The number of methoxy groups -OCH3 is 2. The molecule has 0 atom stereocenters. The Kier molecular flexibility index (Phi) is 10.6. The molecule has 0 N–H and O–H groups in total. The number of hydrogen-bond acceptors (Lipinski definition) is 4. The summed E-state index contributed by atoms with van der Waals surface area (Å²) in [7, 11) is 3.42. The summed E-state index contributed by atoms with van der Waals surface area (Å²) in [6, 6.07) is 27.4. The number of aromatic nitrogens is 2. The van der Waals surface area contributed by atoms with Crippen molar-refractivity contribution in [2.24, 2.45) is 0 Å². The first-order valence-corrected chi connectivity index (χ1v) is 14.3. The molecule has 0 bridgehead atoms. The maximum atomic E-state index is 5.76. The fraction of sp³-hybridized carbons (Fsp3) is 0.382. The molecule has 0 aliphatic rings. The van der Waals surface area contributed by atoms with Crippen molar-refractivity contribution in [2.75, 3.05) is 20.8 Å². The monoisotopic (exact) mass is 525 g/mol. The van der Waals surface area contributed by atoms with Crippen molar-refractivity contribution >= 4 is 0 Å². The topological polar surface area (TPSA) is 39.5 Å². The minimum atomic E-state index is 0.794. The molecule has 0 amide bonds. The summed E-state index contributed by atoms with van der Waals surface area (Å²) in [5, 5.41) is 0. The van der Waals surface area contributed by atoms with Gasteiger partial charge in [0.2, 0.25) is 0 Å². The molecule has 0 spiro atoms. The second kappa shape index (κ2) is 14.5. The second-order valence-electron chi connectivity index (χ2n) is 10.1. The van der Waals surface area contributed by atoms with Gasteiger partial charge in [-0.15, -0.1) is 0 Å². The highest BCUT2D eigenvalue weighted by atomic mass is 16.5. The van der Waals surface area contributed by atoms with Crippen LogP contribution in [-0.2, 0) is 19.6 Å². The SMILES string of the molecule is CCCCCn1c(-c2ccccc2)nc(-c2ccccc2)c1CN(CCCC)Cc1ccc(OC)cc1OC. The largest absolute Gasteiger partial charge is 0.497 e. The molecule has 4 aromatic rings. The molecule has 206 valence electrons. The third kappa shape index (κ3) is 7.30. The van der Waals surface area contributed by atoms with Gasteiger partial charge in [-0.1, -0.05) is 99.8 Å². The Labute approximate surface area is 234 Å². The van der Waals surface area contributed by atoms with Gasteiger partial charge in [0.05, 0.1) is 25.6 Å². The van der Waals surface area contributed by atoms with Gasteiger partial charge in [0, 0.05) is 42.4 Å². The fourth-order valence-electron chi connectivity index (χ4n) is 5.07. The molecule has 4 rings (SSSR count). The van der Waals surface area contributed by atoms with Crippen LogP contribution in [0.1, 0.15) is 57.2 Å². The van der Waals surface area contributed by atoms with Crippen molar-refractivity contribution in [3.05, 3.63) is 90.1 Å². The number of rotatable bonds is 15. The predicted octanol–water partition coefficient (Wildman–Crippen LogP) is 8.23. The molecular weight excluding hydrogens is 482 g/mol. The first kappa shape index (κ1) is 28.4. The van der Waals surface area contributed by atoms with E-state index in [1.807, 2.05) is 12.1 Å². The van der Waals surface area contributed by atoms with Crippen LogP contribution in [-0.4, -0.2) is 35.2 Å². The minimum absolute atomic E-state index is 0.794. The van der Waals surface area contributed by atoms with E-state index in [1.54, 1.807) is 14.2 Å². The van der Waals surface area contributed by atoms with Gasteiger partial charge in [-0.25, -0.2) is 4.98 Å². The Morgan fingerprint density at radius 3 is 2.08 bits per heavy atom. The smallest absolute Gasteiger partial charge is 0.140 e. The summed E-state index contributed by atoms with van der Waals surface area (Å²) < 4.78 is 13.7. The molecule has 0 unspecified atom stereocenters. The van der Waals surface area contributed by atoms with E-state index in [4.69, 9.17) is 14.5 Å². The third-order valence-electron chi connectivity index (χ3n) is 7.23. The molecule has 0 aliphatic carbocycles. The van der Waals surface area contributed by atoms with E-state index in [-0.39, 0.29) is 0 Å². The van der Waals surface area contributed by atoms with E-state index in [2.05, 4.69) is 90.0 Å². The minimum Gasteiger partial charge on any atom is -0.497 e. The van der Waals surface area contributed by atoms with Crippen LogP contribution in [0.25, 0.3) is 22.6 Å². The number of unbranched alkanes of at least 4 members (excludes halogenated alkanes) is 3. The van der Waals surface area contributed by atoms with Crippen LogP contribution in [0.5, 0.6) is 11.5 Å². The second-order valence-corrected chi connectivity index (χ2v) is 10.1. The zero-order chi connectivity index (χ0) is 27.5. The van der Waals surface area contributed by atoms with Gasteiger partial charge in [-0.05, 0) is 25.5 Å². The molecule has 39 heavy (non-hydrogen) atoms. The zero-order valence-corrected chi connectivity index (χ0v) is 24.0. The normalized spacial score (nSPS) is 11.2. The lowest BCUT2D eigenvalue weighted by Gasteiger charge is -2.25. The maximum absolute atomic E-state index is 5.76. The van der Waals surface area contributed by atoms with Crippen LogP contribution in [0.2, 0.25) is 0 Å². The number of hydrogen-bond donors (Lipinski definition) is 0. The van der Waals surface area contributed by atoms with E-state index in [9.17, 15) is 0 Å². The molecule has 0 aliphatic heterocycles. The molecule has 3 aromatic carbocycles. The molecule has 1 aromatic heterocycles. The summed E-state index contributed by atoms with van der Waals surface area (Å²) in [6.07, 6.45) is 5.81. The first-order valence-electron chi connectivity index (χ1n) is 14.3. The van der Waals surface area contributed by atoms with Crippen LogP contribution < -0.4 is 9.47 Å². The summed E-state index contributed by atoms with van der Waals surface area (Å²) in [5.74, 6) is 2.72. The predicted molar refractivity (Wildman–Crippen MR) is 161 cm³/mol. The standard InChI is InChI=1S/C34H43N3O2/c1-5-7-15-23-37-31(26-36(22-8-6-2)25-29-20-21-30(38-3)24-32(29)39-4)33(27-16-11-9-12-17-27)35-34(37)28-18-13-10-14-19-28/h9-14,16-21,24H,5-8,15,22-23,25-26H2,1-4H3. The molecule has 0 fully saturated rings. The molecule has 1 heterocycles. The van der Waals surface area contributed by atoms with Crippen LogP contribution in [0.15, 0.2) is 78.9 Å². The Hall–Kier alpha value is -3.57. The van der Waals surface area contributed by atoms with E-state index in [0.717, 1.165) is 85.1 Å². The summed E-state index contributed by atoms with van der Waals surface area (Å²) in [4.78, 5) is 7.87. The Bertz CT molecular complexity index is 1280. The number of nitrogens with zero attached hydrogens (tertiary/aromatic N) is 3. The highest BCUT2D eigenvalue weighted by Crippen LogP contribution is 2.32. The van der Waals surface area contributed by atoms with Crippen LogP contribution in [0.3, 0.4) is 0 Å². The molecule has 0 radical (unpaired) electrons. The van der Waals surface area contributed by atoms with Crippen molar-refractivity contribution in [2.45, 2.75) is 65.6 Å². The quantitative estimate of drug-likeness (QED) is 0.147. The number of benzene rings is 3. The van der Waals surface area contributed by atoms with Gasteiger partial charge in [0.15, 0.2) is 0 Å².